The van der Waals surface area contributed by atoms with E-state index in [-0.39, 0.29) is 5.92 Å². The number of benzene rings is 5. The second kappa shape index (κ2) is 11.9. The van der Waals surface area contributed by atoms with Gasteiger partial charge in [-0.2, -0.15) is 39.5 Å². The van der Waals surface area contributed by atoms with Crippen molar-refractivity contribution >= 4 is 57.2 Å². The molecule has 0 spiro atoms. The highest BCUT2D eigenvalue weighted by Crippen LogP contribution is 2.48. The Morgan fingerprint density at radius 3 is 1.45 bits per heavy atom. The van der Waals surface area contributed by atoms with Crippen molar-refractivity contribution in [3.05, 3.63) is 125 Å². The number of fused-ring (bicyclic) bond motifs is 4. The summed E-state index contributed by atoms with van der Waals surface area (Å²) in [4.78, 5) is 3.57. The summed E-state index contributed by atoms with van der Waals surface area (Å²) in [5.41, 5.74) is 2.88. The zero-order valence-electron chi connectivity index (χ0n) is 26.8. The highest BCUT2D eigenvalue weighted by atomic mass is 19.4. The van der Waals surface area contributed by atoms with E-state index in [2.05, 4.69) is 0 Å². The van der Waals surface area contributed by atoms with Gasteiger partial charge in [0.25, 0.3) is 6.71 Å². The van der Waals surface area contributed by atoms with Gasteiger partial charge in [-0.1, -0.05) is 43.5 Å². The number of anilines is 6. The Morgan fingerprint density at radius 1 is 0.471 bits per heavy atom. The molecule has 0 N–H and O–H groups in total. The minimum Gasteiger partial charge on any atom is -0.311 e. The van der Waals surface area contributed by atoms with E-state index in [1.165, 1.54) is 30.3 Å². The van der Waals surface area contributed by atoms with Gasteiger partial charge in [0.05, 0.1) is 16.7 Å². The highest BCUT2D eigenvalue weighted by molar-refractivity contribution is 7.00. The van der Waals surface area contributed by atoms with E-state index in [0.29, 0.717) is 50.5 Å². The second-order valence-electron chi connectivity index (χ2n) is 13.3. The van der Waals surface area contributed by atoms with E-state index < -0.39 is 41.9 Å². The lowest BCUT2D eigenvalue weighted by Crippen LogP contribution is -2.61. The van der Waals surface area contributed by atoms with Gasteiger partial charge in [0.1, 0.15) is 0 Å². The zero-order valence-corrected chi connectivity index (χ0v) is 26.8. The van der Waals surface area contributed by atoms with E-state index >= 15 is 0 Å². The first-order valence-electron chi connectivity index (χ1n) is 16.6. The molecule has 8 rings (SSSR count). The van der Waals surface area contributed by atoms with Gasteiger partial charge in [-0.25, -0.2) is 0 Å². The molecule has 3 aliphatic rings. The van der Waals surface area contributed by atoms with Gasteiger partial charge in [0.15, 0.2) is 0 Å². The first kappa shape index (κ1) is 33.3. The van der Waals surface area contributed by atoms with Crippen LogP contribution in [-0.4, -0.2) is 6.71 Å². The average Bonchev–Trinajstić information content (AvgIpc) is 3.10. The Hall–Kier alpha value is -4.87. The lowest BCUT2D eigenvalue weighted by atomic mass is 9.33. The van der Waals surface area contributed by atoms with Crippen molar-refractivity contribution in [1.29, 1.82) is 0 Å². The van der Waals surface area contributed by atoms with Gasteiger partial charge in [-0.05, 0) is 120 Å². The molecule has 1 saturated carbocycles. The van der Waals surface area contributed by atoms with E-state index in [1.807, 2.05) is 17.0 Å². The molecule has 260 valence electrons. The molecule has 0 saturated heterocycles. The number of halogens is 9. The summed E-state index contributed by atoms with van der Waals surface area (Å²) in [6, 6.07) is 23.9. The number of hydrogen-bond acceptors (Lipinski definition) is 2. The van der Waals surface area contributed by atoms with Gasteiger partial charge in [-0.15, -0.1) is 0 Å². The fourth-order valence-electron chi connectivity index (χ4n) is 7.98. The summed E-state index contributed by atoms with van der Waals surface area (Å²) >= 11 is 0. The van der Waals surface area contributed by atoms with Crippen molar-refractivity contribution in [2.45, 2.75) is 56.6 Å². The molecule has 0 aromatic heterocycles. The molecule has 0 amide bonds. The van der Waals surface area contributed by atoms with E-state index in [9.17, 15) is 39.5 Å². The van der Waals surface area contributed by atoms with Crippen molar-refractivity contribution in [2.24, 2.45) is 0 Å². The van der Waals surface area contributed by atoms with E-state index in [0.717, 1.165) is 74.1 Å². The maximum absolute atomic E-state index is 14.3. The normalized spacial score (nSPS) is 16.1. The lowest BCUT2D eigenvalue weighted by molar-refractivity contribution is -0.138. The van der Waals surface area contributed by atoms with Gasteiger partial charge < -0.3 is 9.80 Å². The monoisotopic (exact) mass is 706 g/mol. The molecule has 1 aliphatic carbocycles. The molecule has 1 fully saturated rings. The highest BCUT2D eigenvalue weighted by Gasteiger charge is 2.45. The molecule has 5 aromatic carbocycles. The second-order valence-corrected chi connectivity index (χ2v) is 13.3. The van der Waals surface area contributed by atoms with Crippen molar-refractivity contribution in [3.8, 4) is 0 Å². The van der Waals surface area contributed by atoms with Gasteiger partial charge in [0, 0.05) is 34.1 Å². The molecule has 2 heterocycles. The van der Waals surface area contributed by atoms with Crippen LogP contribution in [0.4, 0.5) is 73.6 Å². The van der Waals surface area contributed by atoms with Crippen LogP contribution in [0.15, 0.2) is 103 Å². The standard InChI is InChI=1S/C39H28BF9N2/c41-37(42,43)25-10-15-28(16-11-25)50-32-9-5-4-8-30(32)40-31-22-27(39(47,48)49)14-19-33(31)51(29-17-12-26(13-18-29)38(44,45)46)35-21-24(20-34(50)36(35)40)23-6-2-1-3-7-23/h4-5,8-23H,1-3,6-7H2. The Balaban J connectivity index is 1.44. The van der Waals surface area contributed by atoms with Crippen LogP contribution >= 0.6 is 0 Å². The molecule has 12 heteroatoms. The van der Waals surface area contributed by atoms with E-state index in [4.69, 9.17) is 0 Å². The fourth-order valence-corrected chi connectivity index (χ4v) is 7.98. The summed E-state index contributed by atoms with van der Waals surface area (Å²) < 4.78 is 125. The Labute approximate surface area is 288 Å². The van der Waals surface area contributed by atoms with Gasteiger partial charge >= 0.3 is 18.5 Å². The zero-order chi connectivity index (χ0) is 35.9. The van der Waals surface area contributed by atoms with Gasteiger partial charge in [-0.3, -0.25) is 0 Å². The first-order valence-corrected chi connectivity index (χ1v) is 16.6. The van der Waals surface area contributed by atoms with Crippen LogP contribution < -0.4 is 26.2 Å². The van der Waals surface area contributed by atoms with Crippen LogP contribution in [0.1, 0.15) is 60.3 Å². The fraction of sp³-hybridized carbons (Fsp3) is 0.231. The molecular formula is C39H28BF9N2. The number of nitrogens with zero attached hydrogens (tertiary/aromatic N) is 2. The molecule has 0 radical (unpaired) electrons. The third-order valence-electron chi connectivity index (χ3n) is 10.3. The third kappa shape index (κ3) is 5.72. The topological polar surface area (TPSA) is 6.48 Å². The van der Waals surface area contributed by atoms with Crippen LogP contribution in [0.5, 0.6) is 0 Å². The Kier molecular flexibility index (Phi) is 7.73. The molecule has 0 atom stereocenters. The summed E-state index contributed by atoms with van der Waals surface area (Å²) in [6.07, 6.45) is -8.98. The first-order chi connectivity index (χ1) is 24.2. The molecular weight excluding hydrogens is 678 g/mol. The molecule has 0 bridgehead atoms. The maximum atomic E-state index is 14.3. The smallest absolute Gasteiger partial charge is 0.311 e. The molecule has 0 unspecified atom stereocenters. The van der Waals surface area contributed by atoms with Crippen LogP contribution in [0.3, 0.4) is 0 Å². The number of hydrogen-bond donors (Lipinski definition) is 0. The van der Waals surface area contributed by atoms with Gasteiger partial charge in [0.2, 0.25) is 0 Å². The molecule has 2 aliphatic heterocycles. The number of para-hydroxylation sites is 1. The van der Waals surface area contributed by atoms with Crippen LogP contribution in [0.25, 0.3) is 0 Å². The van der Waals surface area contributed by atoms with E-state index in [1.54, 1.807) is 29.2 Å². The predicted molar refractivity (Wildman–Crippen MR) is 181 cm³/mol. The number of alkyl halides is 9. The van der Waals surface area contributed by atoms with Crippen LogP contribution in [0, 0.1) is 0 Å². The third-order valence-corrected chi connectivity index (χ3v) is 10.3. The van der Waals surface area contributed by atoms with Crippen molar-refractivity contribution in [1.82, 2.24) is 0 Å². The summed E-state index contributed by atoms with van der Waals surface area (Å²) in [5.74, 6) is 0.133. The minimum atomic E-state index is -4.68. The average molecular weight is 706 g/mol. The Morgan fingerprint density at radius 2 is 0.941 bits per heavy atom. The molecule has 5 aromatic rings. The quantitative estimate of drug-likeness (QED) is 0.133. The summed E-state index contributed by atoms with van der Waals surface area (Å²) in [5, 5.41) is 0. The summed E-state index contributed by atoms with van der Waals surface area (Å²) in [6.45, 7) is -0.722. The van der Waals surface area contributed by atoms with Crippen molar-refractivity contribution < 1.29 is 39.5 Å². The number of rotatable bonds is 3. The minimum absolute atomic E-state index is 0.133. The van der Waals surface area contributed by atoms with Crippen molar-refractivity contribution in [2.75, 3.05) is 9.80 Å². The Bertz CT molecular complexity index is 2100. The lowest BCUT2D eigenvalue weighted by Gasteiger charge is -2.45. The molecule has 51 heavy (non-hydrogen) atoms. The maximum Gasteiger partial charge on any atom is 0.416 e. The summed E-state index contributed by atoms with van der Waals surface area (Å²) in [7, 11) is 0. The van der Waals surface area contributed by atoms with Crippen LogP contribution in [-0.2, 0) is 18.5 Å². The SMILES string of the molecule is FC(F)(F)c1ccc(N2c3ccccc3B3c4cc(C(F)(F)F)ccc4N(c4ccc(C(F)(F)F)cc4)c4cc(C5CCCCC5)cc2c43)cc1. The van der Waals surface area contributed by atoms with Crippen LogP contribution in [0.2, 0.25) is 0 Å². The molecule has 2 nitrogen and oxygen atoms in total. The largest absolute Gasteiger partial charge is 0.416 e. The predicted octanol–water partition coefficient (Wildman–Crippen LogP) is 10.9. The van der Waals surface area contributed by atoms with Crippen molar-refractivity contribution in [3.63, 3.8) is 0 Å².